The van der Waals surface area contributed by atoms with Crippen LogP contribution in [0.5, 0.6) is 0 Å². The molecule has 8 nitrogen and oxygen atoms in total. The molecule has 6 rings (SSSR count). The van der Waals surface area contributed by atoms with Crippen molar-refractivity contribution in [3.63, 3.8) is 0 Å². The Labute approximate surface area is 231 Å². The number of rotatable bonds is 7. The van der Waals surface area contributed by atoms with Crippen LogP contribution in [0.1, 0.15) is 37.8 Å². The summed E-state index contributed by atoms with van der Waals surface area (Å²) in [5, 5.41) is 4.08. The molecule has 10 heteroatoms. The van der Waals surface area contributed by atoms with Gasteiger partial charge in [0.1, 0.15) is 5.82 Å². The second-order valence-corrected chi connectivity index (χ2v) is 11.0. The topological polar surface area (TPSA) is 79.2 Å². The lowest BCUT2D eigenvalue weighted by molar-refractivity contribution is -0.135. The Balaban J connectivity index is 1.34. The van der Waals surface area contributed by atoms with Crippen LogP contribution in [0.25, 0.3) is 11.2 Å². The first-order valence-electron chi connectivity index (χ1n) is 13.4. The summed E-state index contributed by atoms with van der Waals surface area (Å²) in [6.07, 6.45) is 3.75. The first-order chi connectivity index (χ1) is 18.9. The molecule has 1 saturated heterocycles. The highest BCUT2D eigenvalue weighted by molar-refractivity contribution is 6.31. The Morgan fingerprint density at radius 2 is 1.82 bits per heavy atom. The molecule has 39 heavy (non-hydrogen) atoms. The van der Waals surface area contributed by atoms with Gasteiger partial charge in [-0.15, -0.1) is 0 Å². The van der Waals surface area contributed by atoms with E-state index in [1.54, 1.807) is 18.5 Å². The predicted octanol–water partition coefficient (Wildman–Crippen LogP) is 5.11. The first kappa shape index (κ1) is 25.6. The number of aromatic nitrogens is 4. The van der Waals surface area contributed by atoms with E-state index < -0.39 is 0 Å². The Morgan fingerprint density at radius 3 is 2.56 bits per heavy atom. The van der Waals surface area contributed by atoms with E-state index in [2.05, 4.69) is 29.0 Å². The molecule has 1 amide bonds. The molecule has 0 spiro atoms. The molecule has 4 aromatic rings. The van der Waals surface area contributed by atoms with Crippen LogP contribution < -0.4 is 10.2 Å². The largest absolute Gasteiger partial charge is 0.364 e. The Hall–Kier alpha value is -3.72. The fourth-order valence-electron chi connectivity index (χ4n) is 5.18. The number of carbonyl (C=O) groups excluding carboxylic acids is 1. The summed E-state index contributed by atoms with van der Waals surface area (Å²) in [7, 11) is 0. The maximum atomic E-state index is 13.4. The van der Waals surface area contributed by atoms with Gasteiger partial charge < -0.3 is 19.7 Å². The summed E-state index contributed by atoms with van der Waals surface area (Å²) in [6, 6.07) is 14.2. The number of imidazole rings is 1. The average Bonchev–Trinajstić information content (AvgIpc) is 3.71. The minimum Gasteiger partial charge on any atom is -0.364 e. The van der Waals surface area contributed by atoms with Crippen molar-refractivity contribution in [3.05, 3.63) is 76.8 Å². The molecule has 1 N–H and O–H groups in total. The predicted molar refractivity (Wildman–Crippen MR) is 150 cm³/mol. The van der Waals surface area contributed by atoms with Crippen LogP contribution in [-0.2, 0) is 17.9 Å². The molecule has 1 saturated carbocycles. The summed E-state index contributed by atoms with van der Waals surface area (Å²) in [6.45, 7) is 6.45. The van der Waals surface area contributed by atoms with Crippen molar-refractivity contribution in [3.8, 4) is 0 Å². The van der Waals surface area contributed by atoms with Crippen LogP contribution in [0.3, 0.4) is 0 Å². The Bertz CT molecular complexity index is 1500. The smallest absolute Gasteiger partial charge is 0.229 e. The van der Waals surface area contributed by atoms with Crippen molar-refractivity contribution in [1.82, 2.24) is 24.4 Å². The highest BCUT2D eigenvalue weighted by Gasteiger charge is 2.40. The zero-order valence-electron chi connectivity index (χ0n) is 22.0. The lowest BCUT2D eigenvalue weighted by Gasteiger charge is -2.44. The molecule has 1 aliphatic carbocycles. The maximum absolute atomic E-state index is 13.4. The summed E-state index contributed by atoms with van der Waals surface area (Å²) in [4.78, 5) is 31.6. The minimum absolute atomic E-state index is 0.0474. The van der Waals surface area contributed by atoms with Crippen LogP contribution in [0, 0.1) is 11.7 Å². The number of hydrogen-bond donors (Lipinski definition) is 1. The molecular formula is C29H31ClFN7O. The van der Waals surface area contributed by atoms with Crippen molar-refractivity contribution in [2.75, 3.05) is 23.3 Å². The SMILES string of the molecule is CC1CN(c2nc(NCc3ccc(F)cc3)c3ncn(Cc4ccccc4Cl)c3n2)C(C)CN1C(=O)C1CC1. The zero-order valence-corrected chi connectivity index (χ0v) is 22.8. The summed E-state index contributed by atoms with van der Waals surface area (Å²) < 4.78 is 15.4. The number of piperazine rings is 1. The van der Waals surface area contributed by atoms with E-state index >= 15 is 0 Å². The molecule has 2 aromatic carbocycles. The van der Waals surface area contributed by atoms with Gasteiger partial charge >= 0.3 is 0 Å². The van der Waals surface area contributed by atoms with Crippen molar-refractivity contribution in [1.29, 1.82) is 0 Å². The molecule has 0 radical (unpaired) electrons. The highest BCUT2D eigenvalue weighted by Crippen LogP contribution is 2.34. The van der Waals surface area contributed by atoms with E-state index in [0.29, 0.717) is 54.1 Å². The second kappa shape index (κ2) is 10.4. The zero-order chi connectivity index (χ0) is 27.1. The highest BCUT2D eigenvalue weighted by atomic mass is 35.5. The lowest BCUT2D eigenvalue weighted by atomic mass is 10.1. The van der Waals surface area contributed by atoms with E-state index in [4.69, 9.17) is 21.6 Å². The fourth-order valence-corrected chi connectivity index (χ4v) is 5.37. The number of fused-ring (bicyclic) bond motifs is 1. The summed E-state index contributed by atoms with van der Waals surface area (Å²) in [5.74, 6) is 1.38. The van der Waals surface area contributed by atoms with Gasteiger partial charge in [0.2, 0.25) is 11.9 Å². The van der Waals surface area contributed by atoms with Crippen LogP contribution in [-0.4, -0.2) is 55.5 Å². The van der Waals surface area contributed by atoms with Gasteiger partial charge in [-0.2, -0.15) is 9.97 Å². The van der Waals surface area contributed by atoms with Gasteiger partial charge in [-0.3, -0.25) is 4.79 Å². The van der Waals surface area contributed by atoms with Gasteiger partial charge in [-0.25, -0.2) is 9.37 Å². The summed E-state index contributed by atoms with van der Waals surface area (Å²) in [5.41, 5.74) is 3.23. The van der Waals surface area contributed by atoms with E-state index in [1.807, 2.05) is 33.7 Å². The van der Waals surface area contributed by atoms with Crippen LogP contribution in [0.4, 0.5) is 16.2 Å². The molecule has 2 aliphatic rings. The van der Waals surface area contributed by atoms with E-state index in [-0.39, 0.29) is 29.7 Å². The lowest BCUT2D eigenvalue weighted by Crippen LogP contribution is -2.59. The number of amides is 1. The summed E-state index contributed by atoms with van der Waals surface area (Å²) >= 11 is 6.46. The second-order valence-electron chi connectivity index (χ2n) is 10.6. The maximum Gasteiger partial charge on any atom is 0.229 e. The Kier molecular flexibility index (Phi) is 6.85. The minimum atomic E-state index is -0.272. The number of nitrogens with one attached hydrogen (secondary N) is 1. The number of hydrogen-bond acceptors (Lipinski definition) is 6. The number of carbonyl (C=O) groups is 1. The van der Waals surface area contributed by atoms with Gasteiger partial charge in [0.15, 0.2) is 17.0 Å². The van der Waals surface area contributed by atoms with Gasteiger partial charge in [0, 0.05) is 42.7 Å². The van der Waals surface area contributed by atoms with Crippen molar-refractivity contribution >= 4 is 40.4 Å². The monoisotopic (exact) mass is 547 g/mol. The molecule has 202 valence electrons. The van der Waals surface area contributed by atoms with Crippen molar-refractivity contribution < 1.29 is 9.18 Å². The van der Waals surface area contributed by atoms with E-state index in [9.17, 15) is 9.18 Å². The molecule has 2 atom stereocenters. The average molecular weight is 548 g/mol. The van der Waals surface area contributed by atoms with Gasteiger partial charge in [0.05, 0.1) is 12.9 Å². The van der Waals surface area contributed by atoms with Crippen LogP contribution in [0.2, 0.25) is 5.02 Å². The van der Waals surface area contributed by atoms with Crippen LogP contribution in [0.15, 0.2) is 54.9 Å². The number of benzene rings is 2. The third kappa shape index (κ3) is 5.28. The standard InChI is InChI=1S/C29H31ClFN7O/c1-18-15-38(19(2)14-37(18)28(39)21-9-10-21)29-34-26(32-13-20-7-11-23(31)12-8-20)25-27(35-29)36(17-33-25)16-22-5-3-4-6-24(22)30/h3-8,11-12,17-19,21H,9-10,13-16H2,1-2H3,(H,32,34,35). The van der Waals surface area contributed by atoms with Crippen LogP contribution >= 0.6 is 11.6 Å². The number of nitrogens with zero attached hydrogens (tertiary/aromatic N) is 6. The van der Waals surface area contributed by atoms with E-state index in [0.717, 1.165) is 24.0 Å². The molecule has 2 unspecified atom stereocenters. The number of anilines is 2. The van der Waals surface area contributed by atoms with Gasteiger partial charge in [-0.1, -0.05) is 41.9 Å². The molecule has 0 bridgehead atoms. The first-order valence-corrected chi connectivity index (χ1v) is 13.8. The van der Waals surface area contributed by atoms with Gasteiger partial charge in [-0.05, 0) is 56.0 Å². The number of halogens is 2. The van der Waals surface area contributed by atoms with Gasteiger partial charge in [0.25, 0.3) is 0 Å². The Morgan fingerprint density at radius 1 is 1.05 bits per heavy atom. The third-order valence-corrected chi connectivity index (χ3v) is 7.95. The third-order valence-electron chi connectivity index (χ3n) is 7.58. The fraction of sp³-hybridized carbons (Fsp3) is 0.379. The quantitative estimate of drug-likeness (QED) is 0.346. The van der Waals surface area contributed by atoms with Crippen molar-refractivity contribution in [2.45, 2.75) is 51.9 Å². The molecule has 2 aromatic heterocycles. The normalized spacial score (nSPS) is 19.5. The van der Waals surface area contributed by atoms with Crippen molar-refractivity contribution in [2.24, 2.45) is 5.92 Å². The molecule has 2 fully saturated rings. The molecule has 3 heterocycles. The molecular weight excluding hydrogens is 517 g/mol. The van der Waals surface area contributed by atoms with E-state index in [1.165, 1.54) is 12.1 Å². The molecule has 1 aliphatic heterocycles.